The predicted molar refractivity (Wildman–Crippen MR) is 141 cm³/mol. The van der Waals surface area contributed by atoms with Crippen LogP contribution >= 0.6 is 0 Å². The summed E-state index contributed by atoms with van der Waals surface area (Å²) in [6, 6.07) is 27.9. The predicted octanol–water partition coefficient (Wildman–Crippen LogP) is 7.58. The summed E-state index contributed by atoms with van der Waals surface area (Å²) in [7, 11) is 0. The van der Waals surface area contributed by atoms with Gasteiger partial charge in [-0.1, -0.05) is 42.5 Å². The smallest absolute Gasteiger partial charge is 0.0967 e. The third kappa shape index (κ3) is 4.16. The zero-order valence-electron chi connectivity index (χ0n) is 19.4. The molecular formula is C31H22IrN3-. The first-order valence-electron chi connectivity index (χ1n) is 11.4. The van der Waals surface area contributed by atoms with E-state index in [2.05, 4.69) is 78.4 Å². The van der Waals surface area contributed by atoms with E-state index in [9.17, 15) is 0 Å². The Morgan fingerprint density at radius 3 is 2.03 bits per heavy atom. The first kappa shape index (κ1) is 23.0. The van der Waals surface area contributed by atoms with Crippen LogP contribution in [0.25, 0.3) is 56.1 Å². The van der Waals surface area contributed by atoms with Crippen molar-refractivity contribution in [3.05, 3.63) is 114 Å². The van der Waals surface area contributed by atoms with Gasteiger partial charge in [0.05, 0.1) is 16.6 Å². The van der Waals surface area contributed by atoms with Crippen LogP contribution in [0.2, 0.25) is 0 Å². The van der Waals surface area contributed by atoms with E-state index >= 15 is 0 Å². The Balaban J connectivity index is 0.000000142. The van der Waals surface area contributed by atoms with E-state index < -0.39 is 0 Å². The van der Waals surface area contributed by atoms with E-state index in [-0.39, 0.29) is 20.1 Å². The summed E-state index contributed by atoms with van der Waals surface area (Å²) in [5.74, 6) is 0. The van der Waals surface area contributed by atoms with Crippen molar-refractivity contribution in [1.29, 1.82) is 0 Å². The number of rotatable bonds is 1. The van der Waals surface area contributed by atoms with E-state index in [4.69, 9.17) is 4.98 Å². The fraction of sp³-hybridized carbons (Fsp3) is 0.0645. The van der Waals surface area contributed by atoms with E-state index in [1.54, 1.807) is 0 Å². The third-order valence-corrected chi connectivity index (χ3v) is 6.38. The molecule has 0 aliphatic heterocycles. The van der Waals surface area contributed by atoms with Gasteiger partial charge in [-0.15, -0.1) is 35.9 Å². The van der Waals surface area contributed by atoms with Gasteiger partial charge in [0.1, 0.15) is 0 Å². The third-order valence-electron chi connectivity index (χ3n) is 6.38. The van der Waals surface area contributed by atoms with Gasteiger partial charge >= 0.3 is 0 Å². The van der Waals surface area contributed by atoms with Gasteiger partial charge in [0.15, 0.2) is 0 Å². The maximum absolute atomic E-state index is 4.74. The summed E-state index contributed by atoms with van der Waals surface area (Å²) >= 11 is 0. The summed E-state index contributed by atoms with van der Waals surface area (Å²) in [4.78, 5) is 13.6. The number of hydrogen-bond donors (Lipinski definition) is 0. The molecule has 7 rings (SSSR count). The molecule has 0 spiro atoms. The van der Waals surface area contributed by atoms with Crippen molar-refractivity contribution in [3.8, 4) is 11.3 Å². The molecule has 3 heterocycles. The largest absolute Gasteiger partial charge is 0.296 e. The first-order chi connectivity index (χ1) is 16.7. The summed E-state index contributed by atoms with van der Waals surface area (Å²) in [5.41, 5.74) is 10.1. The number of hydrogen-bond acceptors (Lipinski definition) is 3. The summed E-state index contributed by atoms with van der Waals surface area (Å²) < 4.78 is 0. The SMILES string of the molecule is Cc1ccnc2c1ccc1c(C)ccnc12.[Ir].[c-]1ccccc1-c1cc2c3c(cccc3n1)C=C2. The molecule has 0 saturated carbocycles. The molecular weight excluding hydrogens is 607 g/mol. The molecule has 0 N–H and O–H groups in total. The van der Waals surface area contributed by atoms with E-state index in [0.717, 1.165) is 27.8 Å². The van der Waals surface area contributed by atoms with Crippen LogP contribution in [0.4, 0.5) is 0 Å². The first-order valence-corrected chi connectivity index (χ1v) is 11.4. The van der Waals surface area contributed by atoms with E-state index in [1.807, 2.05) is 48.8 Å². The maximum atomic E-state index is 4.74. The van der Waals surface area contributed by atoms with Crippen LogP contribution in [0.3, 0.4) is 0 Å². The fourth-order valence-electron chi connectivity index (χ4n) is 4.59. The summed E-state index contributed by atoms with van der Waals surface area (Å²) in [5, 5.41) is 3.64. The monoisotopic (exact) mass is 629 g/mol. The Labute approximate surface area is 217 Å². The van der Waals surface area contributed by atoms with Crippen LogP contribution in [0.15, 0.2) is 85.2 Å². The molecule has 0 amide bonds. The van der Waals surface area contributed by atoms with Crippen LogP contribution in [0.5, 0.6) is 0 Å². The van der Waals surface area contributed by atoms with Gasteiger partial charge in [-0.05, 0) is 60.0 Å². The van der Waals surface area contributed by atoms with Crippen LogP contribution in [0, 0.1) is 19.9 Å². The zero-order valence-corrected chi connectivity index (χ0v) is 21.8. The minimum atomic E-state index is 0. The van der Waals surface area contributed by atoms with Crippen molar-refractivity contribution in [1.82, 2.24) is 15.0 Å². The standard InChI is InChI=1S/C17H10N.C14H12N2.Ir/c1-2-5-12(6-3-1)16-11-14-10-9-13-7-4-8-15(18-16)17(13)14;1-9-5-7-15-13-11(9)3-4-12-10(2)6-8-16-14(12)13;/h1-5,7-11H;3-8H,1-2H3;/q-1;;. The van der Waals surface area contributed by atoms with Gasteiger partial charge < -0.3 is 0 Å². The van der Waals surface area contributed by atoms with Crippen molar-refractivity contribution >= 4 is 44.9 Å². The van der Waals surface area contributed by atoms with Gasteiger partial charge in [0, 0.05) is 48.7 Å². The number of aromatic nitrogens is 3. The van der Waals surface area contributed by atoms with Gasteiger partial charge in [-0.2, -0.15) is 0 Å². The Bertz CT molecular complexity index is 1660. The molecule has 1 aliphatic rings. The number of aryl methyl sites for hydroxylation is 2. The molecule has 171 valence electrons. The molecule has 1 aliphatic carbocycles. The van der Waals surface area contributed by atoms with Crippen molar-refractivity contribution in [2.75, 3.05) is 0 Å². The Hall–Kier alpha value is -3.72. The molecule has 3 aromatic carbocycles. The average molecular weight is 629 g/mol. The van der Waals surface area contributed by atoms with Crippen LogP contribution in [-0.4, -0.2) is 15.0 Å². The van der Waals surface area contributed by atoms with E-state index in [0.29, 0.717) is 0 Å². The van der Waals surface area contributed by atoms with E-state index in [1.165, 1.54) is 38.4 Å². The second-order valence-corrected chi connectivity index (χ2v) is 8.56. The normalized spacial score (nSPS) is 11.4. The number of fused-ring (bicyclic) bond motifs is 3. The number of nitrogens with zero attached hydrogens (tertiary/aromatic N) is 3. The molecule has 0 bridgehead atoms. The molecule has 4 heteroatoms. The summed E-state index contributed by atoms with van der Waals surface area (Å²) in [6.07, 6.45) is 8.01. The molecule has 0 atom stereocenters. The Morgan fingerprint density at radius 1 is 0.686 bits per heavy atom. The van der Waals surface area contributed by atoms with Gasteiger partial charge in [-0.3, -0.25) is 15.0 Å². The summed E-state index contributed by atoms with van der Waals surface area (Å²) in [6.45, 7) is 4.21. The molecule has 1 radical (unpaired) electrons. The number of benzene rings is 3. The van der Waals surface area contributed by atoms with Crippen molar-refractivity contribution in [3.63, 3.8) is 0 Å². The van der Waals surface area contributed by atoms with Crippen LogP contribution in [0.1, 0.15) is 22.3 Å². The molecule has 6 aromatic rings. The number of pyridine rings is 3. The fourth-order valence-corrected chi connectivity index (χ4v) is 4.59. The second kappa shape index (κ2) is 9.50. The molecule has 3 aromatic heterocycles. The molecule has 0 unspecified atom stereocenters. The van der Waals surface area contributed by atoms with Crippen LogP contribution in [-0.2, 0) is 20.1 Å². The topological polar surface area (TPSA) is 38.7 Å². The molecule has 3 nitrogen and oxygen atoms in total. The van der Waals surface area contributed by atoms with Crippen molar-refractivity contribution in [2.24, 2.45) is 0 Å². The quantitative estimate of drug-likeness (QED) is 0.139. The van der Waals surface area contributed by atoms with Gasteiger partial charge in [-0.25, -0.2) is 0 Å². The zero-order chi connectivity index (χ0) is 23.1. The molecule has 0 fully saturated rings. The Morgan fingerprint density at radius 2 is 1.37 bits per heavy atom. The second-order valence-electron chi connectivity index (χ2n) is 8.56. The minimum absolute atomic E-state index is 0. The molecule has 35 heavy (non-hydrogen) atoms. The molecule has 0 saturated heterocycles. The van der Waals surface area contributed by atoms with Gasteiger partial charge in [0.25, 0.3) is 0 Å². The average Bonchev–Trinajstić information content (AvgIpc) is 3.30. The van der Waals surface area contributed by atoms with Gasteiger partial charge in [0.2, 0.25) is 0 Å². The maximum Gasteiger partial charge on any atom is 0.0967 e. The van der Waals surface area contributed by atoms with Crippen molar-refractivity contribution < 1.29 is 20.1 Å². The minimum Gasteiger partial charge on any atom is -0.296 e. The Kier molecular flexibility index (Phi) is 6.25. The van der Waals surface area contributed by atoms with Crippen LogP contribution < -0.4 is 0 Å². The van der Waals surface area contributed by atoms with Crippen molar-refractivity contribution in [2.45, 2.75) is 13.8 Å².